The number of nitrogens with one attached hydrogen (secondary N) is 2. The Morgan fingerprint density at radius 2 is 2.09 bits per heavy atom. The van der Waals surface area contributed by atoms with Crippen molar-refractivity contribution >= 4 is 28.6 Å². The number of halogens is 1. The van der Waals surface area contributed by atoms with Gasteiger partial charge < -0.3 is 5.32 Å². The van der Waals surface area contributed by atoms with Crippen molar-refractivity contribution in [2.45, 2.75) is 13.3 Å². The molecule has 1 aromatic carbocycles. The number of aromatic amines is 1. The molecule has 118 valence electrons. The van der Waals surface area contributed by atoms with Crippen molar-refractivity contribution in [3.8, 4) is 11.3 Å². The van der Waals surface area contributed by atoms with Gasteiger partial charge in [0.2, 0.25) is 0 Å². The van der Waals surface area contributed by atoms with Crippen LogP contribution in [0.25, 0.3) is 11.3 Å². The van der Waals surface area contributed by atoms with Crippen LogP contribution in [0.5, 0.6) is 0 Å². The van der Waals surface area contributed by atoms with Crippen molar-refractivity contribution in [1.29, 1.82) is 0 Å². The largest absolute Gasteiger partial charge is 0.382 e. The second kappa shape index (κ2) is 6.93. The topological polar surface area (TPSA) is 70.7 Å². The molecule has 0 radical (unpaired) electrons. The van der Waals surface area contributed by atoms with Crippen molar-refractivity contribution in [2.24, 2.45) is 0 Å². The molecule has 23 heavy (non-hydrogen) atoms. The van der Waals surface area contributed by atoms with Gasteiger partial charge in [0.1, 0.15) is 5.02 Å². The Labute approximate surface area is 142 Å². The van der Waals surface area contributed by atoms with E-state index < -0.39 is 5.56 Å². The number of hydrogen-bond acceptors (Lipinski definition) is 5. The van der Waals surface area contributed by atoms with E-state index in [1.165, 1.54) is 11.1 Å². The van der Waals surface area contributed by atoms with Crippen molar-refractivity contribution in [2.75, 3.05) is 11.9 Å². The first kappa shape index (κ1) is 15.7. The van der Waals surface area contributed by atoms with Crippen LogP contribution >= 0.6 is 22.9 Å². The fourth-order valence-electron chi connectivity index (χ4n) is 2.23. The highest BCUT2D eigenvalue weighted by molar-refractivity contribution is 7.12. The monoisotopic (exact) mass is 346 g/mol. The van der Waals surface area contributed by atoms with Crippen LogP contribution in [0.3, 0.4) is 0 Å². The molecule has 0 atom stereocenters. The quantitative estimate of drug-likeness (QED) is 0.741. The van der Waals surface area contributed by atoms with Gasteiger partial charge in [0.25, 0.3) is 5.56 Å². The number of H-pyrrole nitrogens is 1. The van der Waals surface area contributed by atoms with Crippen molar-refractivity contribution in [3.63, 3.8) is 0 Å². The molecule has 2 heterocycles. The fourth-order valence-corrected chi connectivity index (χ4v) is 3.35. The van der Waals surface area contributed by atoms with Gasteiger partial charge in [-0.2, -0.15) is 5.10 Å². The lowest BCUT2D eigenvalue weighted by molar-refractivity contribution is 0.963. The van der Waals surface area contributed by atoms with E-state index in [4.69, 9.17) is 16.6 Å². The standard InChI is InChI=1S/C16H15ClN4OS/c1-10-15(11-5-3-2-4-6-11)20-13(23-10)7-8-18-12-9-19-21-16(22)14(12)17/h2-6,9H,7-8H2,1H3,(H2,18,21,22). The highest BCUT2D eigenvalue weighted by Gasteiger charge is 2.10. The molecular formula is C16H15ClN4OS. The maximum atomic E-state index is 11.4. The van der Waals surface area contributed by atoms with Crippen LogP contribution in [0.1, 0.15) is 9.88 Å². The molecule has 3 aromatic rings. The highest BCUT2D eigenvalue weighted by atomic mass is 35.5. The molecule has 2 N–H and O–H groups in total. The van der Waals surface area contributed by atoms with E-state index >= 15 is 0 Å². The van der Waals surface area contributed by atoms with Crippen molar-refractivity contribution in [1.82, 2.24) is 15.2 Å². The van der Waals surface area contributed by atoms with Gasteiger partial charge in [0.15, 0.2) is 0 Å². The number of anilines is 1. The Balaban J connectivity index is 1.68. The Morgan fingerprint density at radius 1 is 1.30 bits per heavy atom. The summed E-state index contributed by atoms with van der Waals surface area (Å²) < 4.78 is 0. The Hall–Kier alpha value is -2.18. The summed E-state index contributed by atoms with van der Waals surface area (Å²) in [5, 5.41) is 10.3. The first-order valence-electron chi connectivity index (χ1n) is 7.14. The summed E-state index contributed by atoms with van der Waals surface area (Å²) >= 11 is 7.61. The zero-order chi connectivity index (χ0) is 16.2. The van der Waals surface area contributed by atoms with Crippen molar-refractivity contribution in [3.05, 3.63) is 61.8 Å². The second-order valence-electron chi connectivity index (χ2n) is 4.98. The number of nitrogens with zero attached hydrogens (tertiary/aromatic N) is 2. The highest BCUT2D eigenvalue weighted by Crippen LogP contribution is 2.27. The minimum Gasteiger partial charge on any atom is -0.382 e. The fraction of sp³-hybridized carbons (Fsp3) is 0.188. The van der Waals surface area contributed by atoms with Crippen LogP contribution in [0.4, 0.5) is 5.69 Å². The molecule has 7 heteroatoms. The van der Waals surface area contributed by atoms with Gasteiger partial charge in [-0.25, -0.2) is 10.1 Å². The molecule has 0 spiro atoms. The van der Waals surface area contributed by atoms with Gasteiger partial charge in [-0.3, -0.25) is 4.79 Å². The molecule has 0 saturated carbocycles. The van der Waals surface area contributed by atoms with E-state index in [0.29, 0.717) is 12.2 Å². The molecule has 0 fully saturated rings. The van der Waals surface area contributed by atoms with Gasteiger partial charge >= 0.3 is 0 Å². The lowest BCUT2D eigenvalue weighted by Crippen LogP contribution is -2.13. The molecule has 0 saturated heterocycles. The molecule has 0 aliphatic rings. The average Bonchev–Trinajstić information content (AvgIpc) is 2.93. The third-order valence-electron chi connectivity index (χ3n) is 3.34. The van der Waals surface area contributed by atoms with Gasteiger partial charge in [-0.15, -0.1) is 11.3 Å². The normalized spacial score (nSPS) is 10.7. The molecule has 5 nitrogen and oxygen atoms in total. The zero-order valence-corrected chi connectivity index (χ0v) is 14.0. The number of thiazole rings is 1. The number of benzene rings is 1. The first-order valence-corrected chi connectivity index (χ1v) is 8.33. The lowest BCUT2D eigenvalue weighted by Gasteiger charge is -2.05. The van der Waals surface area contributed by atoms with E-state index in [0.717, 1.165) is 22.7 Å². The molecular weight excluding hydrogens is 332 g/mol. The van der Waals surface area contributed by atoms with Crippen LogP contribution in [0.15, 0.2) is 41.3 Å². The van der Waals surface area contributed by atoms with Gasteiger partial charge in [0, 0.05) is 23.4 Å². The van der Waals surface area contributed by atoms with Gasteiger partial charge in [-0.05, 0) is 6.92 Å². The summed E-state index contributed by atoms with van der Waals surface area (Å²) in [4.78, 5) is 17.3. The first-order chi connectivity index (χ1) is 11.1. The number of aromatic nitrogens is 3. The van der Waals surface area contributed by atoms with E-state index in [1.54, 1.807) is 11.3 Å². The third kappa shape index (κ3) is 3.60. The van der Waals surface area contributed by atoms with Crippen LogP contribution in [-0.2, 0) is 6.42 Å². The van der Waals surface area contributed by atoms with Crippen LogP contribution < -0.4 is 10.9 Å². The predicted octanol–water partition coefficient (Wildman–Crippen LogP) is 3.51. The maximum absolute atomic E-state index is 11.4. The summed E-state index contributed by atoms with van der Waals surface area (Å²) in [6.45, 7) is 2.71. The maximum Gasteiger partial charge on any atom is 0.285 e. The minimum absolute atomic E-state index is 0.125. The third-order valence-corrected chi connectivity index (χ3v) is 4.74. The van der Waals surface area contributed by atoms with E-state index in [-0.39, 0.29) is 5.02 Å². The number of aryl methyl sites for hydroxylation is 1. The number of hydrogen-bond donors (Lipinski definition) is 2. The van der Waals surface area contributed by atoms with E-state index in [2.05, 4.69) is 34.6 Å². The van der Waals surface area contributed by atoms with Gasteiger partial charge in [0.05, 0.1) is 22.6 Å². The average molecular weight is 347 g/mol. The Bertz CT molecular complexity index is 860. The molecule has 0 amide bonds. The van der Waals surface area contributed by atoms with Crippen LogP contribution in [0.2, 0.25) is 5.02 Å². The molecule has 0 aliphatic heterocycles. The number of rotatable bonds is 5. The SMILES string of the molecule is Cc1sc(CCNc2cn[nH]c(=O)c2Cl)nc1-c1ccccc1. The molecule has 2 aromatic heterocycles. The lowest BCUT2D eigenvalue weighted by atomic mass is 10.1. The van der Waals surface area contributed by atoms with E-state index in [1.807, 2.05) is 18.2 Å². The summed E-state index contributed by atoms with van der Waals surface area (Å²) in [5.41, 5.74) is 2.30. The van der Waals surface area contributed by atoms with Gasteiger partial charge in [-0.1, -0.05) is 41.9 Å². The Morgan fingerprint density at radius 3 is 2.87 bits per heavy atom. The molecule has 0 aliphatic carbocycles. The van der Waals surface area contributed by atoms with Crippen LogP contribution in [-0.4, -0.2) is 21.7 Å². The zero-order valence-electron chi connectivity index (χ0n) is 12.5. The summed E-state index contributed by atoms with van der Waals surface area (Å²) in [6, 6.07) is 10.1. The Kier molecular flexibility index (Phi) is 4.73. The second-order valence-corrected chi connectivity index (χ2v) is 6.65. The molecule has 3 rings (SSSR count). The predicted molar refractivity (Wildman–Crippen MR) is 94.3 cm³/mol. The van der Waals surface area contributed by atoms with Crippen LogP contribution in [0, 0.1) is 6.92 Å². The van der Waals surface area contributed by atoms with E-state index in [9.17, 15) is 4.79 Å². The van der Waals surface area contributed by atoms with Crippen molar-refractivity contribution < 1.29 is 0 Å². The molecule has 0 unspecified atom stereocenters. The summed E-state index contributed by atoms with van der Waals surface area (Å²) in [7, 11) is 0. The summed E-state index contributed by atoms with van der Waals surface area (Å²) in [5.74, 6) is 0. The molecule has 0 bridgehead atoms. The smallest absolute Gasteiger partial charge is 0.285 e. The minimum atomic E-state index is -0.395. The summed E-state index contributed by atoms with van der Waals surface area (Å²) in [6.07, 6.45) is 2.26.